The van der Waals surface area contributed by atoms with E-state index in [0.29, 0.717) is 11.3 Å². The van der Waals surface area contributed by atoms with Gasteiger partial charge in [0.05, 0.1) is 25.6 Å². The molecule has 1 aliphatic carbocycles. The first-order valence-corrected chi connectivity index (χ1v) is 9.54. The van der Waals surface area contributed by atoms with E-state index in [1.165, 1.54) is 18.4 Å². The number of carbonyl (C=O) groups is 1. The third-order valence-electron chi connectivity index (χ3n) is 3.47. The minimum atomic E-state index is -3.64. The molecule has 116 valence electrons. The van der Waals surface area contributed by atoms with Crippen molar-refractivity contribution in [3.8, 4) is 0 Å². The molecule has 22 heavy (non-hydrogen) atoms. The van der Waals surface area contributed by atoms with E-state index < -0.39 is 15.6 Å². The minimum Gasteiger partial charge on any atom is -0.364 e. The van der Waals surface area contributed by atoms with E-state index in [0.717, 1.165) is 19.1 Å². The third kappa shape index (κ3) is 2.73. The van der Waals surface area contributed by atoms with Gasteiger partial charge < -0.3 is 4.52 Å². The van der Waals surface area contributed by atoms with Gasteiger partial charge in [0.1, 0.15) is 6.26 Å². The van der Waals surface area contributed by atoms with Crippen LogP contribution in [0.1, 0.15) is 40.4 Å². The van der Waals surface area contributed by atoms with Crippen molar-refractivity contribution in [3.63, 3.8) is 0 Å². The van der Waals surface area contributed by atoms with Crippen molar-refractivity contribution in [2.75, 3.05) is 6.26 Å². The van der Waals surface area contributed by atoms with Gasteiger partial charge in [0, 0.05) is 17.7 Å². The minimum absolute atomic E-state index is 0.0591. The van der Waals surface area contributed by atoms with E-state index in [1.54, 1.807) is 0 Å². The predicted octanol–water partition coefficient (Wildman–Crippen LogP) is 3.60. The molecule has 2 aromatic rings. The highest BCUT2D eigenvalue weighted by Gasteiger charge is 2.33. The molecule has 1 saturated carbocycles. The number of halogens is 2. The van der Waals surface area contributed by atoms with Gasteiger partial charge in [0.15, 0.2) is 15.6 Å². The Bertz CT molecular complexity index is 871. The molecule has 1 aromatic heterocycles. The van der Waals surface area contributed by atoms with E-state index in [1.807, 2.05) is 0 Å². The van der Waals surface area contributed by atoms with Gasteiger partial charge >= 0.3 is 0 Å². The average molecular weight is 405 g/mol. The highest BCUT2D eigenvalue weighted by molar-refractivity contribution is 9.10. The maximum atomic E-state index is 12.8. The summed E-state index contributed by atoms with van der Waals surface area (Å²) in [5.41, 5.74) is 0.959. The average Bonchev–Trinajstić information content (AvgIpc) is 3.17. The summed E-state index contributed by atoms with van der Waals surface area (Å²) in [5.74, 6) is -0.212. The molecular weight excluding hydrogens is 394 g/mol. The molecule has 0 N–H and O–H groups in total. The van der Waals surface area contributed by atoms with Gasteiger partial charge in [-0.1, -0.05) is 16.8 Å². The molecule has 0 saturated heterocycles. The van der Waals surface area contributed by atoms with Gasteiger partial charge in [-0.3, -0.25) is 4.79 Å². The summed E-state index contributed by atoms with van der Waals surface area (Å²) >= 11 is 9.12. The molecule has 0 spiro atoms. The van der Waals surface area contributed by atoms with Crippen molar-refractivity contribution in [2.45, 2.75) is 23.7 Å². The summed E-state index contributed by atoms with van der Waals surface area (Å²) in [6, 6.07) is 2.90. The summed E-state index contributed by atoms with van der Waals surface area (Å²) in [7, 11) is -3.64. The van der Waals surface area contributed by atoms with Crippen LogP contribution >= 0.6 is 27.5 Å². The summed E-state index contributed by atoms with van der Waals surface area (Å²) in [4.78, 5) is 12.6. The Balaban J connectivity index is 2.18. The molecule has 1 aliphatic rings. The molecule has 0 bridgehead atoms. The zero-order chi connectivity index (χ0) is 16.1. The quantitative estimate of drug-likeness (QED) is 0.728. The molecule has 0 aliphatic heterocycles. The Kier molecular flexibility index (Phi) is 3.91. The van der Waals surface area contributed by atoms with Crippen molar-refractivity contribution in [3.05, 3.63) is 44.7 Å². The number of sulfone groups is 1. The van der Waals surface area contributed by atoms with Crippen LogP contribution in [0.15, 0.2) is 32.3 Å². The second kappa shape index (κ2) is 5.47. The van der Waals surface area contributed by atoms with E-state index in [4.69, 9.17) is 16.1 Å². The fourth-order valence-corrected chi connectivity index (χ4v) is 4.72. The van der Waals surface area contributed by atoms with Crippen LogP contribution in [0.3, 0.4) is 0 Å². The largest absolute Gasteiger partial charge is 0.364 e. The molecule has 1 heterocycles. The Labute approximate surface area is 140 Å². The van der Waals surface area contributed by atoms with Crippen molar-refractivity contribution in [1.29, 1.82) is 0 Å². The first-order valence-electron chi connectivity index (χ1n) is 6.47. The predicted molar refractivity (Wildman–Crippen MR) is 84.2 cm³/mol. The molecule has 8 heteroatoms. The highest BCUT2D eigenvalue weighted by atomic mass is 79.9. The number of ketones is 1. The third-order valence-corrected chi connectivity index (χ3v) is 6.27. The molecule has 0 amide bonds. The Morgan fingerprint density at radius 2 is 2.05 bits per heavy atom. The van der Waals surface area contributed by atoms with Crippen LogP contribution < -0.4 is 0 Å². The standard InChI is InChI=1S/C14H11BrClNO4S/c1-22(19,20)14-8(4-5-10(16)11(14)15)13(18)9-6-21-17-12(9)7-2-3-7/h4-7H,2-3H2,1H3. The normalized spacial score (nSPS) is 15.0. The van der Waals surface area contributed by atoms with Gasteiger partial charge in [0.2, 0.25) is 0 Å². The second-order valence-corrected chi connectivity index (χ2v) is 8.38. The van der Waals surface area contributed by atoms with Gasteiger partial charge in [0.25, 0.3) is 0 Å². The number of carbonyl (C=O) groups excluding carboxylic acids is 1. The van der Waals surface area contributed by atoms with Crippen LogP contribution in [0, 0.1) is 0 Å². The maximum absolute atomic E-state index is 12.8. The zero-order valence-corrected chi connectivity index (χ0v) is 14.6. The van der Waals surface area contributed by atoms with E-state index in [9.17, 15) is 13.2 Å². The summed E-state index contributed by atoms with van der Waals surface area (Å²) < 4.78 is 29.2. The van der Waals surface area contributed by atoms with Crippen LogP contribution in [0.25, 0.3) is 0 Å². The smallest absolute Gasteiger partial charge is 0.199 e. The molecule has 3 rings (SSSR count). The van der Waals surface area contributed by atoms with Crippen LogP contribution in [-0.4, -0.2) is 25.6 Å². The second-order valence-electron chi connectivity index (χ2n) is 5.23. The summed E-state index contributed by atoms with van der Waals surface area (Å²) in [5, 5.41) is 4.10. The fourth-order valence-electron chi connectivity index (χ4n) is 2.28. The highest BCUT2D eigenvalue weighted by Crippen LogP contribution is 2.42. The Hall–Kier alpha value is -1.18. The number of hydrogen-bond donors (Lipinski definition) is 0. The summed E-state index contributed by atoms with van der Waals surface area (Å²) in [6.07, 6.45) is 4.21. The lowest BCUT2D eigenvalue weighted by atomic mass is 10.0. The van der Waals surface area contributed by atoms with Gasteiger partial charge in [-0.2, -0.15) is 0 Å². The van der Waals surface area contributed by atoms with Gasteiger partial charge in [-0.25, -0.2) is 8.42 Å². The Morgan fingerprint density at radius 3 is 2.64 bits per heavy atom. The van der Waals surface area contributed by atoms with Crippen molar-refractivity contribution >= 4 is 43.2 Å². The fraction of sp³-hybridized carbons (Fsp3) is 0.286. The first-order chi connectivity index (χ1) is 10.3. The lowest BCUT2D eigenvalue weighted by molar-refractivity contribution is 0.103. The number of nitrogens with zero attached hydrogens (tertiary/aromatic N) is 1. The number of benzene rings is 1. The molecule has 1 fully saturated rings. The molecule has 0 atom stereocenters. The monoisotopic (exact) mass is 403 g/mol. The lowest BCUT2D eigenvalue weighted by Gasteiger charge is -2.10. The van der Waals surface area contributed by atoms with Gasteiger partial charge in [-0.05, 0) is 40.9 Å². The lowest BCUT2D eigenvalue weighted by Crippen LogP contribution is -2.11. The topological polar surface area (TPSA) is 77.2 Å². The first kappa shape index (κ1) is 15.7. The van der Waals surface area contributed by atoms with Crippen molar-refractivity contribution in [2.24, 2.45) is 0 Å². The van der Waals surface area contributed by atoms with Crippen LogP contribution in [0.4, 0.5) is 0 Å². The van der Waals surface area contributed by atoms with Gasteiger partial charge in [-0.15, -0.1) is 0 Å². The summed E-state index contributed by atoms with van der Waals surface area (Å²) in [6.45, 7) is 0. The van der Waals surface area contributed by atoms with Crippen molar-refractivity contribution < 1.29 is 17.7 Å². The van der Waals surface area contributed by atoms with Crippen LogP contribution in [-0.2, 0) is 9.84 Å². The zero-order valence-electron chi connectivity index (χ0n) is 11.5. The number of hydrogen-bond acceptors (Lipinski definition) is 5. The van der Waals surface area contributed by atoms with E-state index in [-0.39, 0.29) is 25.9 Å². The van der Waals surface area contributed by atoms with Crippen LogP contribution in [0.2, 0.25) is 5.02 Å². The number of rotatable bonds is 4. The molecular formula is C14H11BrClNO4S. The van der Waals surface area contributed by atoms with Crippen molar-refractivity contribution in [1.82, 2.24) is 5.16 Å². The molecule has 1 aromatic carbocycles. The molecule has 0 radical (unpaired) electrons. The molecule has 0 unspecified atom stereocenters. The molecule has 5 nitrogen and oxygen atoms in total. The number of aromatic nitrogens is 1. The van der Waals surface area contributed by atoms with Crippen LogP contribution in [0.5, 0.6) is 0 Å². The van der Waals surface area contributed by atoms with E-state index in [2.05, 4.69) is 21.1 Å². The maximum Gasteiger partial charge on any atom is 0.199 e. The van der Waals surface area contributed by atoms with E-state index >= 15 is 0 Å². The SMILES string of the molecule is CS(=O)(=O)c1c(C(=O)c2conc2C2CC2)ccc(Cl)c1Br. The Morgan fingerprint density at radius 1 is 1.36 bits per heavy atom.